The van der Waals surface area contributed by atoms with Crippen molar-refractivity contribution in [2.45, 2.75) is 78.6 Å². The van der Waals surface area contributed by atoms with Crippen LogP contribution in [-0.2, 0) is 16.2 Å². The third kappa shape index (κ3) is 6.03. The van der Waals surface area contributed by atoms with Crippen molar-refractivity contribution >= 4 is 22.7 Å². The number of para-hydroxylation sites is 3. The van der Waals surface area contributed by atoms with Crippen LogP contribution in [0.2, 0.25) is 0 Å². The molecule has 236 valence electrons. The third-order valence-electron chi connectivity index (χ3n) is 9.26. The van der Waals surface area contributed by atoms with Gasteiger partial charge in [0.05, 0.1) is 17.1 Å². The molecule has 0 aromatic heterocycles. The van der Waals surface area contributed by atoms with Gasteiger partial charge in [0.15, 0.2) is 0 Å². The Morgan fingerprint density at radius 1 is 0.478 bits per heavy atom. The summed E-state index contributed by atoms with van der Waals surface area (Å²) in [4.78, 5) is 4.78. The number of nitrogens with zero attached hydrogens (tertiary/aromatic N) is 2. The molecule has 46 heavy (non-hydrogen) atoms. The minimum Gasteiger partial charge on any atom is -0.508 e. The van der Waals surface area contributed by atoms with Crippen LogP contribution >= 0.6 is 0 Å². The molecule has 6 rings (SSSR count). The molecule has 1 aliphatic heterocycles. The van der Waals surface area contributed by atoms with Gasteiger partial charge in [0.1, 0.15) is 12.4 Å². The number of rotatable bonds is 4. The van der Waals surface area contributed by atoms with E-state index in [0.717, 1.165) is 22.6 Å². The number of phenolic OH excluding ortho intramolecular Hbond substituents is 1. The number of aromatic hydroxyl groups is 1. The fourth-order valence-electron chi connectivity index (χ4n) is 6.41. The van der Waals surface area contributed by atoms with Crippen molar-refractivity contribution in [2.75, 3.05) is 16.5 Å². The van der Waals surface area contributed by atoms with Crippen LogP contribution in [0.5, 0.6) is 5.75 Å². The fraction of sp³-hybridized carbons (Fsp3) is 0.302. The zero-order valence-electron chi connectivity index (χ0n) is 28.9. The summed E-state index contributed by atoms with van der Waals surface area (Å²) in [5, 5.41) is 10.9. The van der Waals surface area contributed by atoms with Gasteiger partial charge in [-0.1, -0.05) is 141 Å². The molecule has 0 bridgehead atoms. The molecule has 1 N–H and O–H groups in total. The second-order valence-corrected chi connectivity index (χ2v) is 15.8. The van der Waals surface area contributed by atoms with Crippen molar-refractivity contribution in [2.24, 2.45) is 0 Å². The van der Waals surface area contributed by atoms with Crippen molar-refractivity contribution in [3.05, 3.63) is 126 Å². The van der Waals surface area contributed by atoms with Crippen molar-refractivity contribution in [3.8, 4) is 28.0 Å². The van der Waals surface area contributed by atoms with E-state index in [1.54, 1.807) is 0 Å². The fourth-order valence-corrected chi connectivity index (χ4v) is 6.41. The molecule has 1 heterocycles. The highest BCUT2D eigenvalue weighted by molar-refractivity contribution is 5.98. The first-order chi connectivity index (χ1) is 21.6. The quantitative estimate of drug-likeness (QED) is 0.220. The highest BCUT2D eigenvalue weighted by Gasteiger charge is 2.32. The molecule has 3 heteroatoms. The van der Waals surface area contributed by atoms with Crippen molar-refractivity contribution in [1.29, 1.82) is 0 Å². The van der Waals surface area contributed by atoms with Gasteiger partial charge in [-0.2, -0.15) is 0 Å². The van der Waals surface area contributed by atoms with E-state index in [1.807, 2.05) is 12.1 Å². The Kier molecular flexibility index (Phi) is 7.79. The highest BCUT2D eigenvalue weighted by atomic mass is 16.3. The normalized spacial score (nSPS) is 13.7. The molecule has 0 unspecified atom stereocenters. The molecule has 0 atom stereocenters. The number of phenols is 1. The number of fused-ring (bicyclic) bond motifs is 1. The maximum absolute atomic E-state index is 10.9. The molecule has 0 saturated carbocycles. The molecule has 5 aromatic rings. The Morgan fingerprint density at radius 3 is 1.39 bits per heavy atom. The van der Waals surface area contributed by atoms with Crippen LogP contribution in [0.3, 0.4) is 0 Å². The Balaban J connectivity index is 1.55. The Bertz CT molecular complexity index is 1790. The van der Waals surface area contributed by atoms with E-state index in [-0.39, 0.29) is 22.0 Å². The predicted molar refractivity (Wildman–Crippen MR) is 197 cm³/mol. The summed E-state index contributed by atoms with van der Waals surface area (Å²) in [5.41, 5.74) is 13.0. The first-order valence-corrected chi connectivity index (χ1v) is 16.4. The molecule has 0 radical (unpaired) electrons. The average molecular weight is 609 g/mol. The molecule has 1 aliphatic rings. The van der Waals surface area contributed by atoms with E-state index >= 15 is 0 Å². The molecule has 3 nitrogen and oxygen atoms in total. The largest absolute Gasteiger partial charge is 0.508 e. The zero-order chi connectivity index (χ0) is 33.0. The molecule has 0 saturated heterocycles. The third-order valence-corrected chi connectivity index (χ3v) is 9.26. The van der Waals surface area contributed by atoms with Crippen LogP contribution in [0, 0.1) is 0 Å². The summed E-state index contributed by atoms with van der Waals surface area (Å²) < 4.78 is 0. The smallest absolute Gasteiger partial charge is 0.117 e. The number of hydrogen-bond donors (Lipinski definition) is 1. The van der Waals surface area contributed by atoms with Gasteiger partial charge in [0.25, 0.3) is 0 Å². The molecule has 5 aromatic carbocycles. The topological polar surface area (TPSA) is 26.7 Å². The highest BCUT2D eigenvalue weighted by Crippen LogP contribution is 2.50. The van der Waals surface area contributed by atoms with Gasteiger partial charge in [-0.3, -0.25) is 0 Å². The Morgan fingerprint density at radius 2 is 0.935 bits per heavy atom. The lowest BCUT2D eigenvalue weighted by Crippen LogP contribution is -2.25. The van der Waals surface area contributed by atoms with Crippen LogP contribution in [0.25, 0.3) is 22.3 Å². The standard InChI is InChI=1S/C43H48N2O/c1-41(2,3)31-21-17-29(18-22-31)36-13-12-14-37(30-19-23-32(24-20-30)42(4,5)6)40(36)45-28-44(38-15-10-11-16-39(38)45)34-25-33(43(7,8)9)26-35(46)27-34/h10-27,46H,28H2,1-9H3. The van der Waals surface area contributed by atoms with Crippen molar-refractivity contribution in [3.63, 3.8) is 0 Å². The summed E-state index contributed by atoms with van der Waals surface area (Å²) in [6.45, 7) is 20.8. The first kappa shape index (κ1) is 31.5. The second kappa shape index (κ2) is 11.4. The number of hydrogen-bond acceptors (Lipinski definition) is 3. The van der Waals surface area contributed by atoms with Crippen LogP contribution < -0.4 is 9.80 Å². The lowest BCUT2D eigenvalue weighted by molar-refractivity contribution is 0.471. The van der Waals surface area contributed by atoms with Gasteiger partial charge < -0.3 is 14.9 Å². The maximum atomic E-state index is 10.9. The lowest BCUT2D eigenvalue weighted by atomic mass is 9.85. The molecule has 0 fully saturated rings. The van der Waals surface area contributed by atoms with Gasteiger partial charge in [0, 0.05) is 22.9 Å². The minimum atomic E-state index is -0.0926. The summed E-state index contributed by atoms with van der Waals surface area (Å²) in [7, 11) is 0. The summed E-state index contributed by atoms with van der Waals surface area (Å²) in [5.74, 6) is 0.289. The summed E-state index contributed by atoms with van der Waals surface area (Å²) in [6.07, 6.45) is 0. The van der Waals surface area contributed by atoms with E-state index < -0.39 is 0 Å². The SMILES string of the molecule is CC(C)(C)c1ccc(-c2cccc(-c3ccc(C(C)(C)C)cc3)c2N2CN(c3cc(O)cc(C(C)(C)C)c3)c3ccccc32)cc1. The summed E-state index contributed by atoms with van der Waals surface area (Å²) >= 11 is 0. The molecule has 0 spiro atoms. The Labute approximate surface area is 276 Å². The predicted octanol–water partition coefficient (Wildman–Crippen LogP) is 11.9. The lowest BCUT2D eigenvalue weighted by Gasteiger charge is -2.28. The monoisotopic (exact) mass is 608 g/mol. The Hall–Kier alpha value is -4.50. The van der Waals surface area contributed by atoms with E-state index in [1.165, 1.54) is 39.1 Å². The van der Waals surface area contributed by atoms with Gasteiger partial charge in [0.2, 0.25) is 0 Å². The second-order valence-electron chi connectivity index (χ2n) is 15.8. The minimum absolute atomic E-state index is 0.0829. The van der Waals surface area contributed by atoms with Crippen LogP contribution in [0.1, 0.15) is 79.0 Å². The average Bonchev–Trinajstić information content (AvgIpc) is 3.39. The summed E-state index contributed by atoms with van der Waals surface area (Å²) in [6, 6.07) is 39.5. The molecule has 0 aliphatic carbocycles. The van der Waals surface area contributed by atoms with Crippen molar-refractivity contribution < 1.29 is 5.11 Å². The molecular weight excluding hydrogens is 560 g/mol. The van der Waals surface area contributed by atoms with E-state index in [0.29, 0.717) is 6.67 Å². The zero-order valence-corrected chi connectivity index (χ0v) is 28.9. The maximum Gasteiger partial charge on any atom is 0.117 e. The van der Waals surface area contributed by atoms with Crippen molar-refractivity contribution in [1.82, 2.24) is 0 Å². The van der Waals surface area contributed by atoms with Gasteiger partial charge in [-0.15, -0.1) is 0 Å². The van der Waals surface area contributed by atoms with Gasteiger partial charge in [-0.25, -0.2) is 0 Å². The van der Waals surface area contributed by atoms with Crippen LogP contribution in [0.15, 0.2) is 109 Å². The van der Waals surface area contributed by atoms with E-state index in [4.69, 9.17) is 0 Å². The number of benzene rings is 5. The molecular formula is C43H48N2O. The van der Waals surface area contributed by atoms with Gasteiger partial charge >= 0.3 is 0 Å². The van der Waals surface area contributed by atoms with Crippen LogP contribution in [-0.4, -0.2) is 11.8 Å². The molecule has 0 amide bonds. The van der Waals surface area contributed by atoms with E-state index in [2.05, 4.69) is 169 Å². The van der Waals surface area contributed by atoms with Crippen LogP contribution in [0.4, 0.5) is 22.7 Å². The van der Waals surface area contributed by atoms with Gasteiger partial charge in [-0.05, 0) is 68.3 Å². The number of anilines is 4. The first-order valence-electron chi connectivity index (χ1n) is 16.4. The van der Waals surface area contributed by atoms with E-state index in [9.17, 15) is 5.11 Å².